The molecule has 1 heterocycles. The highest BCUT2D eigenvalue weighted by Crippen LogP contribution is 2.21. The molecule has 4 rings (SSSR count). The number of primary amides is 1. The van der Waals surface area contributed by atoms with E-state index in [1.54, 1.807) is 18.2 Å². The average Bonchev–Trinajstić information content (AvgIpc) is 2.84. The summed E-state index contributed by atoms with van der Waals surface area (Å²) in [6.45, 7) is 0. The van der Waals surface area contributed by atoms with E-state index >= 15 is 0 Å². The van der Waals surface area contributed by atoms with Crippen LogP contribution in [-0.2, 0) is 0 Å². The number of urea groups is 2. The molecule has 0 bridgehead atoms. The van der Waals surface area contributed by atoms with Crippen molar-refractivity contribution in [1.82, 2.24) is 10.3 Å². The number of hydrogen-bond donors (Lipinski definition) is 3. The number of pyridine rings is 1. The molecule has 6 amide bonds. The molecule has 11 heteroatoms. The average molecular weight is 489 g/mol. The van der Waals surface area contributed by atoms with Gasteiger partial charge in [0.15, 0.2) is 0 Å². The molecule has 36 heavy (non-hydrogen) atoms. The van der Waals surface area contributed by atoms with Gasteiger partial charge in [0, 0.05) is 16.6 Å². The summed E-state index contributed by atoms with van der Waals surface area (Å²) in [4.78, 5) is 54.2. The first kappa shape index (κ1) is 24.0. The van der Waals surface area contributed by atoms with Gasteiger partial charge >= 0.3 is 12.1 Å². The van der Waals surface area contributed by atoms with Crippen LogP contribution in [-0.4, -0.2) is 28.9 Å². The molecule has 0 aliphatic carbocycles. The minimum Gasteiger partial charge on any atom is -0.351 e. The monoisotopic (exact) mass is 489 g/mol. The van der Waals surface area contributed by atoms with Crippen LogP contribution in [0.3, 0.4) is 0 Å². The third kappa shape index (κ3) is 4.99. The van der Waals surface area contributed by atoms with Crippen LogP contribution in [0.25, 0.3) is 10.9 Å². The molecule has 0 spiro atoms. The van der Waals surface area contributed by atoms with E-state index in [2.05, 4.69) is 10.3 Å². The molecule has 0 aliphatic heterocycles. The normalized spacial score (nSPS) is 10.5. The maximum absolute atomic E-state index is 13.7. The van der Waals surface area contributed by atoms with Crippen molar-refractivity contribution >= 4 is 46.3 Å². The summed E-state index contributed by atoms with van der Waals surface area (Å²) in [6, 6.07) is 16.4. The van der Waals surface area contributed by atoms with Gasteiger partial charge in [-0.2, -0.15) is 0 Å². The van der Waals surface area contributed by atoms with Gasteiger partial charge in [-0.15, -0.1) is 0 Å². The Bertz CT molecular complexity index is 1490. The minimum atomic E-state index is -1.27. The van der Waals surface area contributed by atoms with Crippen LogP contribution in [0.2, 0.25) is 0 Å². The van der Waals surface area contributed by atoms with Crippen LogP contribution >= 0.6 is 0 Å². The zero-order chi connectivity index (χ0) is 25.8. The Kier molecular flexibility index (Phi) is 6.63. The van der Waals surface area contributed by atoms with Gasteiger partial charge in [-0.3, -0.25) is 14.9 Å². The van der Waals surface area contributed by atoms with E-state index in [0.717, 1.165) is 23.6 Å². The summed E-state index contributed by atoms with van der Waals surface area (Å²) >= 11 is 0. The number of carbonyl (C=O) groups excluding carboxylic acids is 4. The number of halogens is 2. The second-order valence-electron chi connectivity index (χ2n) is 7.42. The number of rotatable bonds is 4. The summed E-state index contributed by atoms with van der Waals surface area (Å²) < 4.78 is 27.4. The molecule has 180 valence electrons. The Morgan fingerprint density at radius 1 is 0.806 bits per heavy atom. The standard InChI is InChI=1S/C25H17F2N5O4/c26-17-5-3-6-18(27)21(17)22(33)31-25(36)29-16-11-8-15(9-12-16)23(34)32(24(28)35)20-13-10-14-4-1-2-7-19(14)30-20/h1-13H,(H2,28,35)(H2,29,31,33,36). The zero-order valence-electron chi connectivity index (χ0n) is 18.4. The Morgan fingerprint density at radius 3 is 2.14 bits per heavy atom. The van der Waals surface area contributed by atoms with Crippen molar-refractivity contribution in [2.24, 2.45) is 5.73 Å². The van der Waals surface area contributed by atoms with Gasteiger partial charge < -0.3 is 11.1 Å². The zero-order valence-corrected chi connectivity index (χ0v) is 18.4. The van der Waals surface area contributed by atoms with Crippen molar-refractivity contribution in [3.05, 3.63) is 102 Å². The quantitative estimate of drug-likeness (QED) is 0.395. The lowest BCUT2D eigenvalue weighted by molar-refractivity contribution is 0.0956. The number of amides is 6. The molecule has 4 aromatic rings. The van der Waals surface area contributed by atoms with E-state index in [9.17, 15) is 28.0 Å². The number of para-hydroxylation sites is 1. The molecule has 3 aromatic carbocycles. The lowest BCUT2D eigenvalue weighted by Gasteiger charge is -2.18. The number of carbonyl (C=O) groups is 4. The predicted molar refractivity (Wildman–Crippen MR) is 127 cm³/mol. The van der Waals surface area contributed by atoms with Crippen molar-refractivity contribution < 1.29 is 28.0 Å². The molecule has 4 N–H and O–H groups in total. The van der Waals surface area contributed by atoms with Crippen molar-refractivity contribution in [1.29, 1.82) is 0 Å². The van der Waals surface area contributed by atoms with Crippen LogP contribution in [0.5, 0.6) is 0 Å². The largest absolute Gasteiger partial charge is 0.351 e. The van der Waals surface area contributed by atoms with Gasteiger partial charge in [0.05, 0.1) is 5.52 Å². The molecule has 0 aliphatic rings. The maximum atomic E-state index is 13.7. The van der Waals surface area contributed by atoms with E-state index in [0.29, 0.717) is 10.4 Å². The summed E-state index contributed by atoms with van der Waals surface area (Å²) in [5.74, 6) is -4.24. The summed E-state index contributed by atoms with van der Waals surface area (Å²) in [5, 5.41) is 4.93. The van der Waals surface area contributed by atoms with Gasteiger partial charge in [-0.1, -0.05) is 24.3 Å². The highest BCUT2D eigenvalue weighted by Gasteiger charge is 2.24. The lowest BCUT2D eigenvalue weighted by Crippen LogP contribution is -2.41. The molecule has 0 saturated heterocycles. The molecule has 1 aromatic heterocycles. The minimum absolute atomic E-state index is 0.0340. The Balaban J connectivity index is 1.47. The molecule has 0 saturated carbocycles. The van der Waals surface area contributed by atoms with E-state index in [1.807, 2.05) is 17.4 Å². The van der Waals surface area contributed by atoms with Gasteiger partial charge in [0.25, 0.3) is 11.8 Å². The number of nitrogens with two attached hydrogens (primary N) is 1. The van der Waals surface area contributed by atoms with E-state index in [1.165, 1.54) is 30.3 Å². The Hall–Kier alpha value is -5.19. The third-order valence-electron chi connectivity index (χ3n) is 5.04. The fourth-order valence-corrected chi connectivity index (χ4v) is 3.36. The number of fused-ring (bicyclic) bond motifs is 1. The number of hydrogen-bond acceptors (Lipinski definition) is 5. The second-order valence-corrected chi connectivity index (χ2v) is 7.42. The number of nitrogens with one attached hydrogen (secondary N) is 2. The topological polar surface area (TPSA) is 134 Å². The summed E-state index contributed by atoms with van der Waals surface area (Å²) in [5.41, 5.74) is 5.31. The van der Waals surface area contributed by atoms with Gasteiger partial charge in [-0.05, 0) is 54.6 Å². The SMILES string of the molecule is NC(=O)N(C(=O)c1ccc(NC(=O)NC(=O)c2c(F)cccc2F)cc1)c1ccc2ccccc2n1. The number of anilines is 2. The lowest BCUT2D eigenvalue weighted by atomic mass is 10.1. The molecule has 0 atom stereocenters. The second kappa shape index (κ2) is 9.97. The smallest absolute Gasteiger partial charge is 0.327 e. The molecular weight excluding hydrogens is 472 g/mol. The van der Waals surface area contributed by atoms with Crippen molar-refractivity contribution in [3.8, 4) is 0 Å². The van der Waals surface area contributed by atoms with Gasteiger partial charge in [0.1, 0.15) is 23.0 Å². The number of nitrogens with zero attached hydrogens (tertiary/aromatic N) is 2. The van der Waals surface area contributed by atoms with Crippen molar-refractivity contribution in [3.63, 3.8) is 0 Å². The Labute approximate surface area is 202 Å². The number of imide groups is 2. The maximum Gasteiger partial charge on any atom is 0.327 e. The molecule has 9 nitrogen and oxygen atoms in total. The first-order valence-electron chi connectivity index (χ1n) is 10.4. The Morgan fingerprint density at radius 2 is 1.47 bits per heavy atom. The molecular formula is C25H17F2N5O4. The van der Waals surface area contributed by atoms with Gasteiger partial charge in [-0.25, -0.2) is 28.3 Å². The summed E-state index contributed by atoms with van der Waals surface area (Å²) in [6.07, 6.45) is 0. The first-order chi connectivity index (χ1) is 17.2. The van der Waals surface area contributed by atoms with E-state index in [-0.39, 0.29) is 17.1 Å². The molecule has 0 fully saturated rings. The van der Waals surface area contributed by atoms with Crippen LogP contribution in [0, 0.1) is 11.6 Å². The highest BCUT2D eigenvalue weighted by molar-refractivity contribution is 6.20. The predicted octanol–water partition coefficient (Wildman–Crippen LogP) is 4.20. The number of benzene rings is 3. The molecule has 0 radical (unpaired) electrons. The first-order valence-corrected chi connectivity index (χ1v) is 10.4. The van der Waals surface area contributed by atoms with E-state index < -0.39 is 41.1 Å². The fourth-order valence-electron chi connectivity index (χ4n) is 3.36. The summed E-state index contributed by atoms with van der Waals surface area (Å²) in [7, 11) is 0. The third-order valence-corrected chi connectivity index (χ3v) is 5.04. The fraction of sp³-hybridized carbons (Fsp3) is 0. The number of aromatic nitrogens is 1. The highest BCUT2D eigenvalue weighted by atomic mass is 19.1. The van der Waals surface area contributed by atoms with Crippen LogP contribution in [0.1, 0.15) is 20.7 Å². The van der Waals surface area contributed by atoms with Crippen LogP contribution in [0.4, 0.5) is 29.9 Å². The molecule has 0 unspecified atom stereocenters. The van der Waals surface area contributed by atoms with E-state index in [4.69, 9.17) is 5.73 Å². The van der Waals surface area contributed by atoms with Gasteiger partial charge in [0.2, 0.25) is 0 Å². The van der Waals surface area contributed by atoms with Crippen molar-refractivity contribution in [2.75, 3.05) is 10.2 Å². The van der Waals surface area contributed by atoms with Crippen LogP contribution in [0.15, 0.2) is 78.9 Å². The van der Waals surface area contributed by atoms with Crippen LogP contribution < -0.4 is 21.3 Å². The van der Waals surface area contributed by atoms with Crippen molar-refractivity contribution in [2.45, 2.75) is 0 Å².